The van der Waals surface area contributed by atoms with Gasteiger partial charge in [0, 0.05) is 24.4 Å². The second-order valence-electron chi connectivity index (χ2n) is 5.10. The summed E-state index contributed by atoms with van der Waals surface area (Å²) in [4.78, 5) is 15.4. The van der Waals surface area contributed by atoms with Crippen molar-refractivity contribution in [2.45, 2.75) is 12.6 Å². The standard InChI is InChI=1S/C16H13F3N2O3/c17-16(18,19)14-5-2-10(9-20-14)15(22)21-11-3-4-12-13(8-11)24-7-1-6-23-12/h2-5,8-9H,1,6-7H2,(H,21,22). The number of aromatic nitrogens is 1. The molecule has 0 bridgehead atoms. The number of carbonyl (C=O) groups is 1. The molecule has 0 unspecified atom stereocenters. The van der Waals surface area contributed by atoms with Crippen LogP contribution in [0, 0.1) is 0 Å². The van der Waals surface area contributed by atoms with Gasteiger partial charge in [-0.25, -0.2) is 0 Å². The second kappa shape index (κ2) is 6.38. The summed E-state index contributed by atoms with van der Waals surface area (Å²) in [5.74, 6) is 0.531. The first-order valence-electron chi connectivity index (χ1n) is 7.18. The second-order valence-corrected chi connectivity index (χ2v) is 5.10. The molecular weight excluding hydrogens is 325 g/mol. The largest absolute Gasteiger partial charge is 0.490 e. The van der Waals surface area contributed by atoms with E-state index in [-0.39, 0.29) is 5.56 Å². The van der Waals surface area contributed by atoms with Crippen LogP contribution in [0.5, 0.6) is 11.5 Å². The molecule has 1 aliphatic heterocycles. The van der Waals surface area contributed by atoms with Gasteiger partial charge in [-0.1, -0.05) is 0 Å². The van der Waals surface area contributed by atoms with Crippen molar-refractivity contribution in [2.75, 3.05) is 18.5 Å². The molecule has 2 aromatic rings. The van der Waals surface area contributed by atoms with Crippen LogP contribution in [-0.2, 0) is 6.18 Å². The van der Waals surface area contributed by atoms with Crippen molar-refractivity contribution in [3.8, 4) is 11.5 Å². The molecule has 0 spiro atoms. The first-order valence-corrected chi connectivity index (χ1v) is 7.18. The van der Waals surface area contributed by atoms with Crippen LogP contribution >= 0.6 is 0 Å². The fourth-order valence-electron chi connectivity index (χ4n) is 2.14. The molecule has 24 heavy (non-hydrogen) atoms. The number of nitrogens with zero attached hydrogens (tertiary/aromatic N) is 1. The van der Waals surface area contributed by atoms with Crippen molar-refractivity contribution in [3.63, 3.8) is 0 Å². The van der Waals surface area contributed by atoms with Crippen LogP contribution in [0.1, 0.15) is 22.5 Å². The van der Waals surface area contributed by atoms with E-state index >= 15 is 0 Å². The molecule has 1 aromatic heterocycles. The van der Waals surface area contributed by atoms with Crippen LogP contribution in [0.3, 0.4) is 0 Å². The molecule has 2 heterocycles. The Kier molecular flexibility index (Phi) is 4.28. The van der Waals surface area contributed by atoms with Gasteiger partial charge in [0.25, 0.3) is 5.91 Å². The average Bonchev–Trinajstić information content (AvgIpc) is 2.79. The van der Waals surface area contributed by atoms with Crippen molar-refractivity contribution in [1.29, 1.82) is 0 Å². The summed E-state index contributed by atoms with van der Waals surface area (Å²) in [7, 11) is 0. The van der Waals surface area contributed by atoms with Gasteiger partial charge in [0.05, 0.1) is 18.8 Å². The van der Waals surface area contributed by atoms with Gasteiger partial charge in [-0.15, -0.1) is 0 Å². The number of fused-ring (bicyclic) bond motifs is 1. The van der Waals surface area contributed by atoms with Gasteiger partial charge in [-0.2, -0.15) is 13.2 Å². The Bertz CT molecular complexity index is 745. The smallest absolute Gasteiger partial charge is 0.433 e. The molecule has 0 saturated heterocycles. The van der Waals surface area contributed by atoms with Gasteiger partial charge in [-0.05, 0) is 24.3 Å². The fraction of sp³-hybridized carbons (Fsp3) is 0.250. The van der Waals surface area contributed by atoms with Gasteiger partial charge in [0.1, 0.15) is 5.69 Å². The average molecular weight is 338 g/mol. The van der Waals surface area contributed by atoms with Gasteiger partial charge < -0.3 is 14.8 Å². The molecule has 1 N–H and O–H groups in total. The minimum atomic E-state index is -4.54. The van der Waals surface area contributed by atoms with E-state index in [1.54, 1.807) is 18.2 Å². The summed E-state index contributed by atoms with van der Waals surface area (Å²) in [5.41, 5.74) is -0.575. The zero-order chi connectivity index (χ0) is 17.2. The molecule has 1 aliphatic rings. The number of amides is 1. The lowest BCUT2D eigenvalue weighted by molar-refractivity contribution is -0.141. The highest BCUT2D eigenvalue weighted by Crippen LogP contribution is 2.32. The summed E-state index contributed by atoms with van der Waals surface area (Å²) in [6, 6.07) is 6.75. The first-order chi connectivity index (χ1) is 11.4. The fourth-order valence-corrected chi connectivity index (χ4v) is 2.14. The number of rotatable bonds is 2. The summed E-state index contributed by atoms with van der Waals surface area (Å²) in [6.07, 6.45) is -2.89. The van der Waals surface area contributed by atoms with Crippen LogP contribution in [0.15, 0.2) is 36.5 Å². The minimum absolute atomic E-state index is 0.0233. The van der Waals surface area contributed by atoms with E-state index in [1.807, 2.05) is 0 Å². The number of carbonyl (C=O) groups excluding carboxylic acids is 1. The number of halogens is 3. The van der Waals surface area contributed by atoms with Crippen LogP contribution in [-0.4, -0.2) is 24.1 Å². The van der Waals surface area contributed by atoms with Gasteiger partial charge in [-0.3, -0.25) is 9.78 Å². The lowest BCUT2D eigenvalue weighted by atomic mass is 10.2. The molecule has 0 atom stereocenters. The minimum Gasteiger partial charge on any atom is -0.490 e. The lowest BCUT2D eigenvalue weighted by Crippen LogP contribution is -2.14. The van der Waals surface area contributed by atoms with Crippen LogP contribution in [0.25, 0.3) is 0 Å². The molecule has 0 radical (unpaired) electrons. The molecule has 8 heteroatoms. The zero-order valence-corrected chi connectivity index (χ0v) is 12.4. The summed E-state index contributed by atoms with van der Waals surface area (Å²) in [6.45, 7) is 1.06. The van der Waals surface area contributed by atoms with Gasteiger partial charge in [0.2, 0.25) is 0 Å². The predicted octanol–water partition coefficient (Wildman–Crippen LogP) is 3.51. The number of benzene rings is 1. The van der Waals surface area contributed by atoms with E-state index in [0.29, 0.717) is 30.4 Å². The molecule has 0 aliphatic carbocycles. The van der Waals surface area contributed by atoms with E-state index in [9.17, 15) is 18.0 Å². The Hall–Kier alpha value is -2.77. The number of hydrogen-bond donors (Lipinski definition) is 1. The molecule has 126 valence electrons. The third kappa shape index (κ3) is 3.58. The maximum atomic E-state index is 12.5. The molecule has 3 rings (SSSR count). The Labute approximate surface area is 135 Å². The lowest BCUT2D eigenvalue weighted by Gasteiger charge is -2.11. The highest BCUT2D eigenvalue weighted by Gasteiger charge is 2.32. The molecule has 1 amide bonds. The van der Waals surface area contributed by atoms with Crippen molar-refractivity contribution in [1.82, 2.24) is 4.98 Å². The molecule has 5 nitrogen and oxygen atoms in total. The van der Waals surface area contributed by atoms with E-state index in [4.69, 9.17) is 9.47 Å². The number of anilines is 1. The first kappa shape index (κ1) is 16.1. The van der Waals surface area contributed by atoms with Crippen molar-refractivity contribution >= 4 is 11.6 Å². The number of nitrogens with one attached hydrogen (secondary N) is 1. The molecular formula is C16H13F3N2O3. The van der Waals surface area contributed by atoms with Gasteiger partial charge in [0.15, 0.2) is 11.5 Å². The number of ether oxygens (including phenoxy) is 2. The van der Waals surface area contributed by atoms with E-state index in [1.165, 1.54) is 0 Å². The number of alkyl halides is 3. The van der Waals surface area contributed by atoms with Crippen LogP contribution in [0.4, 0.5) is 18.9 Å². The van der Waals surface area contributed by atoms with Gasteiger partial charge >= 0.3 is 6.18 Å². The van der Waals surface area contributed by atoms with Crippen LogP contribution in [0.2, 0.25) is 0 Å². The Morgan fingerprint density at radius 1 is 1.08 bits per heavy atom. The normalized spacial score (nSPS) is 14.0. The highest BCUT2D eigenvalue weighted by atomic mass is 19.4. The number of pyridine rings is 1. The van der Waals surface area contributed by atoms with Crippen molar-refractivity contribution in [3.05, 3.63) is 47.8 Å². The third-order valence-electron chi connectivity index (χ3n) is 3.32. The van der Waals surface area contributed by atoms with Crippen molar-refractivity contribution < 1.29 is 27.4 Å². The Morgan fingerprint density at radius 2 is 1.83 bits per heavy atom. The monoisotopic (exact) mass is 338 g/mol. The summed E-state index contributed by atoms with van der Waals surface area (Å²) < 4.78 is 48.4. The maximum absolute atomic E-state index is 12.5. The maximum Gasteiger partial charge on any atom is 0.433 e. The molecule has 0 saturated carbocycles. The van der Waals surface area contributed by atoms with E-state index < -0.39 is 17.8 Å². The Morgan fingerprint density at radius 3 is 2.50 bits per heavy atom. The van der Waals surface area contributed by atoms with Crippen LogP contribution < -0.4 is 14.8 Å². The summed E-state index contributed by atoms with van der Waals surface area (Å²) in [5, 5.41) is 2.59. The molecule has 0 fully saturated rings. The highest BCUT2D eigenvalue weighted by molar-refractivity contribution is 6.04. The summed E-state index contributed by atoms with van der Waals surface area (Å²) >= 11 is 0. The quantitative estimate of drug-likeness (QED) is 0.910. The van der Waals surface area contributed by atoms with E-state index in [2.05, 4.69) is 10.3 Å². The topological polar surface area (TPSA) is 60.5 Å². The Balaban J connectivity index is 1.74. The SMILES string of the molecule is O=C(Nc1ccc2c(c1)OCCCO2)c1ccc(C(F)(F)F)nc1. The molecule has 1 aromatic carbocycles. The number of hydrogen-bond acceptors (Lipinski definition) is 4. The third-order valence-corrected chi connectivity index (χ3v) is 3.32. The zero-order valence-electron chi connectivity index (χ0n) is 12.4. The van der Waals surface area contributed by atoms with E-state index in [0.717, 1.165) is 24.8 Å². The van der Waals surface area contributed by atoms with Crippen molar-refractivity contribution in [2.24, 2.45) is 0 Å². The predicted molar refractivity (Wildman–Crippen MR) is 79.2 cm³/mol.